The van der Waals surface area contributed by atoms with Crippen molar-refractivity contribution in [1.29, 1.82) is 4.78 Å². The van der Waals surface area contributed by atoms with Gasteiger partial charge >= 0.3 is 17.4 Å². The average Bonchev–Trinajstić information content (AvgIpc) is 3.56. The third-order valence-electron chi connectivity index (χ3n) is 7.07. The maximum atomic E-state index is 12.5. The fourth-order valence-electron chi connectivity index (χ4n) is 4.48. The Labute approximate surface area is 312 Å². The first-order valence-electron chi connectivity index (χ1n) is 14.7. The summed E-state index contributed by atoms with van der Waals surface area (Å²) in [6.45, 7) is 3.22. The Hall–Kier alpha value is -5.95. The molecule has 0 fully saturated rings. The number of phenolic OH excluding ortho intramolecular Hbond substituents is 1. The first kappa shape index (κ1) is 39.8. The number of para-hydroxylation sites is 2. The van der Waals surface area contributed by atoms with E-state index in [9.17, 15) is 37.3 Å². The molecule has 0 aliphatic rings. The van der Waals surface area contributed by atoms with Crippen molar-refractivity contribution in [3.8, 4) is 28.8 Å². The number of rotatable bonds is 8. The first-order valence-corrected chi connectivity index (χ1v) is 17.8. The number of nitrogens with zero attached hydrogens (tertiary/aromatic N) is 7. The number of phenols is 1. The van der Waals surface area contributed by atoms with Gasteiger partial charge in [0.25, 0.3) is 5.56 Å². The zero-order valence-corrected chi connectivity index (χ0v) is 30.4. The molecule has 0 spiro atoms. The number of sulfonamides is 1. The SMILES string of the molecule is Cc1[nH]n(-c2ccccc2)c(=O)c1N=Nc1cc(S(N)(=O)=O)ccc1O.Cc1nn(-c2ccccc2)c([O-])c1N=Nc1cc(S(=N)(=O)[O-])ccc1[O-].[Cr+3]. The third-order valence-corrected chi connectivity index (χ3v) is 8.86. The normalized spacial score (nSPS) is 12.6. The van der Waals surface area contributed by atoms with Crippen molar-refractivity contribution in [2.75, 3.05) is 0 Å². The van der Waals surface area contributed by atoms with Gasteiger partial charge in [0.15, 0.2) is 5.69 Å². The zero-order chi connectivity index (χ0) is 37.8. The van der Waals surface area contributed by atoms with Gasteiger partial charge in [-0.15, -0.1) is 15.3 Å². The van der Waals surface area contributed by atoms with Gasteiger partial charge in [0.2, 0.25) is 10.0 Å². The fraction of sp³-hybridized carbons (Fsp3) is 0.0625. The third kappa shape index (κ3) is 9.30. The number of primary sulfonamides is 1. The van der Waals surface area contributed by atoms with Crippen molar-refractivity contribution < 1.29 is 49.9 Å². The van der Waals surface area contributed by atoms with E-state index in [4.69, 9.17) is 9.92 Å². The molecule has 1 unspecified atom stereocenters. The average molecular weight is 796 g/mol. The first-order chi connectivity index (χ1) is 24.5. The van der Waals surface area contributed by atoms with Crippen LogP contribution < -0.4 is 20.9 Å². The number of aromatic amines is 1. The van der Waals surface area contributed by atoms with Crippen molar-refractivity contribution >= 4 is 42.8 Å². The Kier molecular flexibility index (Phi) is 12.1. The molecule has 4 aromatic carbocycles. The molecule has 2 aromatic heterocycles. The number of hydrogen-bond donors (Lipinski definition) is 4. The predicted octanol–water partition coefficient (Wildman–Crippen LogP) is 4.52. The van der Waals surface area contributed by atoms with Crippen LogP contribution in [0.4, 0.5) is 22.7 Å². The minimum Gasteiger partial charge on any atom is -0.871 e. The Morgan fingerprint density at radius 1 is 0.792 bits per heavy atom. The van der Waals surface area contributed by atoms with Crippen molar-refractivity contribution in [3.63, 3.8) is 0 Å². The minimum absolute atomic E-state index is 0. The number of hydrogen-bond acceptors (Lipinski definition) is 14. The number of azo groups is 2. The summed E-state index contributed by atoms with van der Waals surface area (Å²) in [5.41, 5.74) is 1.08. The molecule has 1 radical (unpaired) electrons. The molecular formula is C32H27CrN10O8S2. The molecule has 0 aliphatic carbocycles. The van der Waals surface area contributed by atoms with Gasteiger partial charge in [-0.1, -0.05) is 48.2 Å². The molecule has 53 heavy (non-hydrogen) atoms. The van der Waals surface area contributed by atoms with Crippen LogP contribution in [0.1, 0.15) is 11.4 Å². The molecule has 6 aromatic rings. The molecule has 5 N–H and O–H groups in total. The quantitative estimate of drug-likeness (QED) is 0.157. The maximum Gasteiger partial charge on any atom is 3.00 e. The van der Waals surface area contributed by atoms with E-state index < -0.39 is 37.2 Å². The summed E-state index contributed by atoms with van der Waals surface area (Å²) in [4.78, 5) is 11.9. The standard InChI is InChI=1S/2C16H15N5O4S.Cr/c2*1-10-15(16(23)21(20-10)11-5-3-2-4-6-11)19-18-13-9-12(26(17,24)25)7-8-14(13)22;/h2-9,22-23H,1H3,(H2,17,24,25);2-9,20,22H,1H3,(H2,17,24,25);/q;;+3/p-3. The smallest absolute Gasteiger partial charge is 0.871 e. The van der Waals surface area contributed by atoms with E-state index >= 15 is 0 Å². The second-order valence-corrected chi connectivity index (χ2v) is 13.8. The molecule has 0 aliphatic heterocycles. The van der Waals surface area contributed by atoms with Crippen molar-refractivity contribution in [3.05, 3.63) is 119 Å². The Balaban J connectivity index is 0.000000232. The van der Waals surface area contributed by atoms with E-state index in [1.807, 2.05) is 6.07 Å². The summed E-state index contributed by atoms with van der Waals surface area (Å²) >= 11 is 0. The largest absolute Gasteiger partial charge is 3.00 e. The Bertz CT molecular complexity index is 2610. The second kappa shape index (κ2) is 16.2. The van der Waals surface area contributed by atoms with Crippen LogP contribution in [0.2, 0.25) is 0 Å². The summed E-state index contributed by atoms with van der Waals surface area (Å²) in [5, 5.41) is 61.3. The van der Waals surface area contributed by atoms with Gasteiger partial charge in [-0.2, -0.15) is 10.2 Å². The second-order valence-electron chi connectivity index (χ2n) is 10.8. The molecule has 0 saturated carbocycles. The van der Waals surface area contributed by atoms with Gasteiger partial charge in [0.1, 0.15) is 17.1 Å². The molecule has 1 atom stereocenters. The summed E-state index contributed by atoms with van der Waals surface area (Å²) in [7, 11) is -8.20. The van der Waals surface area contributed by atoms with Crippen LogP contribution in [0.3, 0.4) is 0 Å². The minimum atomic E-state index is -4.24. The Morgan fingerprint density at radius 3 is 1.94 bits per heavy atom. The van der Waals surface area contributed by atoms with Gasteiger partial charge in [0, 0.05) is 20.8 Å². The van der Waals surface area contributed by atoms with E-state index in [0.29, 0.717) is 22.8 Å². The summed E-state index contributed by atoms with van der Waals surface area (Å²) in [6.07, 6.45) is 0. The molecule has 6 rings (SSSR count). The molecule has 0 bridgehead atoms. The van der Waals surface area contributed by atoms with Crippen LogP contribution in [0, 0.1) is 18.6 Å². The Morgan fingerprint density at radius 2 is 1.34 bits per heavy atom. The summed E-state index contributed by atoms with van der Waals surface area (Å²) < 4.78 is 54.9. The van der Waals surface area contributed by atoms with E-state index in [0.717, 1.165) is 41.1 Å². The van der Waals surface area contributed by atoms with E-state index in [1.54, 1.807) is 68.4 Å². The van der Waals surface area contributed by atoms with Gasteiger partial charge in [-0.25, -0.2) is 22.9 Å². The molecule has 271 valence electrons. The van der Waals surface area contributed by atoms with Crippen LogP contribution in [0.25, 0.3) is 11.4 Å². The van der Waals surface area contributed by atoms with Crippen molar-refractivity contribution in [2.45, 2.75) is 23.6 Å². The molecule has 0 saturated heterocycles. The monoisotopic (exact) mass is 795 g/mol. The predicted molar refractivity (Wildman–Crippen MR) is 182 cm³/mol. The van der Waals surface area contributed by atoms with Gasteiger partial charge in [0.05, 0.1) is 33.3 Å². The van der Waals surface area contributed by atoms with Gasteiger partial charge in [-0.3, -0.25) is 18.9 Å². The fourth-order valence-corrected chi connectivity index (χ4v) is 5.53. The van der Waals surface area contributed by atoms with E-state index in [2.05, 4.69) is 30.7 Å². The number of benzene rings is 4. The zero-order valence-electron chi connectivity index (χ0n) is 27.5. The number of aryl methyl sites for hydroxylation is 2. The molecule has 0 amide bonds. The maximum absolute atomic E-state index is 12.5. The number of aromatic nitrogens is 4. The van der Waals surface area contributed by atoms with Gasteiger partial charge < -0.3 is 19.9 Å². The van der Waals surface area contributed by atoms with Crippen LogP contribution in [-0.2, 0) is 37.4 Å². The van der Waals surface area contributed by atoms with E-state index in [-0.39, 0.29) is 55.7 Å². The van der Waals surface area contributed by atoms with E-state index in [1.165, 1.54) is 4.68 Å². The number of aromatic hydroxyl groups is 1. The number of nitrogens with one attached hydrogen (secondary N) is 2. The van der Waals surface area contributed by atoms with Crippen LogP contribution in [0.5, 0.6) is 17.4 Å². The number of H-pyrrole nitrogens is 1. The van der Waals surface area contributed by atoms with Gasteiger partial charge in [-0.05, 0) is 68.4 Å². The molecular weight excluding hydrogens is 769 g/mol. The topological polar surface area (TPSA) is 296 Å². The molecule has 18 nitrogen and oxygen atoms in total. The van der Waals surface area contributed by atoms with Crippen molar-refractivity contribution in [1.82, 2.24) is 19.6 Å². The number of nitrogens with two attached hydrogens (primary N) is 1. The van der Waals surface area contributed by atoms with Crippen LogP contribution >= 0.6 is 0 Å². The van der Waals surface area contributed by atoms with Crippen LogP contribution in [0.15, 0.2) is 132 Å². The summed E-state index contributed by atoms with van der Waals surface area (Å²) in [6, 6.07) is 23.9. The molecule has 21 heteroatoms. The summed E-state index contributed by atoms with van der Waals surface area (Å²) in [5.74, 6) is -1.39. The van der Waals surface area contributed by atoms with Crippen LogP contribution in [-0.4, -0.2) is 41.8 Å². The van der Waals surface area contributed by atoms with Crippen molar-refractivity contribution in [2.24, 2.45) is 25.6 Å². The molecule has 2 heterocycles.